The fraction of sp³-hybridized carbons (Fsp3) is 0.852. The minimum Gasteiger partial charge on any atom is -0.390 e. The molecule has 0 spiro atoms. The molecule has 0 aromatic rings. The third-order valence-corrected chi connectivity index (χ3v) is 9.97. The maximum Gasteiger partial charge on any atom is 0.0913 e. The third-order valence-electron chi connectivity index (χ3n) is 9.97. The molecule has 0 saturated heterocycles. The van der Waals surface area contributed by atoms with Crippen LogP contribution in [0, 0.1) is 28.6 Å². The zero-order valence-electron chi connectivity index (χ0n) is 20.5. The van der Waals surface area contributed by atoms with Gasteiger partial charge in [-0.2, -0.15) is 0 Å². The predicted octanol–water partition coefficient (Wildman–Crippen LogP) is 3.48. The minimum absolute atomic E-state index is 0.0343. The van der Waals surface area contributed by atoms with Gasteiger partial charge in [0.25, 0.3) is 0 Å². The van der Waals surface area contributed by atoms with Crippen molar-refractivity contribution in [1.29, 1.82) is 0 Å². The summed E-state index contributed by atoms with van der Waals surface area (Å²) >= 11 is 0. The molecule has 0 aliphatic heterocycles. The summed E-state index contributed by atoms with van der Waals surface area (Å²) < 4.78 is 0. The van der Waals surface area contributed by atoms with Gasteiger partial charge in [0.2, 0.25) is 0 Å². The Morgan fingerprint density at radius 3 is 2.44 bits per heavy atom. The normalized spacial score (nSPS) is 44.5. The monoisotopic (exact) mass is 448 g/mol. The summed E-state index contributed by atoms with van der Waals surface area (Å²) in [5, 5.41) is 53.3. The second-order valence-electron chi connectivity index (χ2n) is 12.7. The van der Waals surface area contributed by atoms with Crippen LogP contribution in [0.2, 0.25) is 0 Å². The van der Waals surface area contributed by atoms with E-state index in [0.717, 1.165) is 25.7 Å². The van der Waals surface area contributed by atoms with Gasteiger partial charge in [-0.1, -0.05) is 31.6 Å². The van der Waals surface area contributed by atoms with E-state index in [9.17, 15) is 25.5 Å². The van der Waals surface area contributed by atoms with Crippen molar-refractivity contribution in [1.82, 2.24) is 0 Å². The maximum absolute atomic E-state index is 11.5. The van der Waals surface area contributed by atoms with E-state index >= 15 is 0 Å². The Hall–Kier alpha value is -0.720. The number of aliphatic hydroxyl groups excluding tert-OH is 3. The van der Waals surface area contributed by atoms with E-state index in [-0.39, 0.29) is 22.7 Å². The molecule has 9 atom stereocenters. The fourth-order valence-corrected chi connectivity index (χ4v) is 7.91. The first-order valence-corrected chi connectivity index (χ1v) is 12.6. The van der Waals surface area contributed by atoms with Gasteiger partial charge in [0.15, 0.2) is 0 Å². The van der Waals surface area contributed by atoms with Crippen LogP contribution in [0.25, 0.3) is 0 Å². The lowest BCUT2D eigenvalue weighted by atomic mass is 9.50. The molecule has 0 heterocycles. The lowest BCUT2D eigenvalue weighted by Gasteiger charge is -2.56. The molecule has 32 heavy (non-hydrogen) atoms. The Morgan fingerprint density at radius 1 is 1.09 bits per heavy atom. The second-order valence-corrected chi connectivity index (χ2v) is 12.7. The molecule has 2 fully saturated rings. The molecule has 0 amide bonds. The summed E-state index contributed by atoms with van der Waals surface area (Å²) in [6, 6.07) is 0. The molecule has 5 heteroatoms. The van der Waals surface area contributed by atoms with Gasteiger partial charge >= 0.3 is 0 Å². The van der Waals surface area contributed by atoms with Crippen molar-refractivity contribution in [3.8, 4) is 0 Å². The van der Waals surface area contributed by atoms with Crippen molar-refractivity contribution in [3.05, 3.63) is 23.3 Å². The molecule has 0 radical (unpaired) electrons. The zero-order chi connectivity index (χ0) is 23.7. The van der Waals surface area contributed by atoms with Crippen LogP contribution in [-0.2, 0) is 0 Å². The summed E-state index contributed by atoms with van der Waals surface area (Å²) in [6.07, 6.45) is 8.15. The number of rotatable bonds is 5. The first kappa shape index (κ1) is 24.4. The Bertz CT molecular complexity index is 792. The van der Waals surface area contributed by atoms with Crippen LogP contribution in [0.1, 0.15) is 86.0 Å². The average molecular weight is 449 g/mol. The van der Waals surface area contributed by atoms with Gasteiger partial charge in [0.1, 0.15) is 0 Å². The van der Waals surface area contributed by atoms with Crippen molar-refractivity contribution in [3.63, 3.8) is 0 Å². The summed E-state index contributed by atoms with van der Waals surface area (Å²) in [5.74, 6) is 0.614. The van der Waals surface area contributed by atoms with Crippen LogP contribution in [0.3, 0.4) is 0 Å². The molecule has 0 bridgehead atoms. The highest BCUT2D eigenvalue weighted by Gasteiger charge is 2.59. The molecule has 2 saturated carbocycles. The topological polar surface area (TPSA) is 101 Å². The van der Waals surface area contributed by atoms with E-state index in [1.807, 2.05) is 0 Å². The van der Waals surface area contributed by atoms with Crippen LogP contribution in [0.4, 0.5) is 0 Å². The zero-order valence-corrected chi connectivity index (χ0v) is 20.5. The molecule has 0 aromatic carbocycles. The molecule has 4 aliphatic carbocycles. The van der Waals surface area contributed by atoms with Crippen LogP contribution in [-0.4, -0.2) is 55.0 Å². The van der Waals surface area contributed by atoms with Crippen molar-refractivity contribution in [2.45, 2.75) is 115 Å². The van der Waals surface area contributed by atoms with E-state index in [4.69, 9.17) is 0 Å². The number of allylic oxidation sites excluding steroid dienone is 4. The molecular formula is C27H44O5. The summed E-state index contributed by atoms with van der Waals surface area (Å²) in [5.41, 5.74) is 0.509. The van der Waals surface area contributed by atoms with Gasteiger partial charge < -0.3 is 25.5 Å². The smallest absolute Gasteiger partial charge is 0.0913 e. The first-order valence-electron chi connectivity index (χ1n) is 12.6. The quantitative estimate of drug-likeness (QED) is 0.443. The highest BCUT2D eigenvalue weighted by molar-refractivity contribution is 5.42. The van der Waals surface area contributed by atoms with Crippen molar-refractivity contribution in [2.75, 3.05) is 0 Å². The maximum atomic E-state index is 11.5. The lowest BCUT2D eigenvalue weighted by molar-refractivity contribution is -0.133. The SMILES string of the molecule is CC(C)(O)CCC(O)C(C)(O)C1CCC2=C3C=CC4CC(O)C(O)CC4(C)C3CCC21C. The number of aliphatic hydroxyl groups is 5. The van der Waals surface area contributed by atoms with Gasteiger partial charge in [-0.25, -0.2) is 0 Å². The van der Waals surface area contributed by atoms with Crippen molar-refractivity contribution in [2.24, 2.45) is 28.6 Å². The Balaban J connectivity index is 1.63. The minimum atomic E-state index is -1.22. The van der Waals surface area contributed by atoms with Crippen LogP contribution in [0.15, 0.2) is 23.3 Å². The van der Waals surface area contributed by atoms with E-state index in [0.29, 0.717) is 31.6 Å². The van der Waals surface area contributed by atoms with Gasteiger partial charge in [0.05, 0.1) is 29.5 Å². The molecule has 5 nitrogen and oxygen atoms in total. The molecule has 182 valence electrons. The van der Waals surface area contributed by atoms with Crippen LogP contribution < -0.4 is 0 Å². The van der Waals surface area contributed by atoms with Gasteiger partial charge in [-0.05, 0) is 106 Å². The highest BCUT2D eigenvalue weighted by Crippen LogP contribution is 2.65. The standard InChI is InChI=1S/C27H44O5/c1-24(2,31)12-11-23(30)27(5,32)22-9-8-18-17-7-6-16-14-20(28)21(29)15-26(16,4)19(17)10-13-25(18,22)3/h6-7,16,19-23,28-32H,8-15H2,1-5H3. The predicted molar refractivity (Wildman–Crippen MR) is 125 cm³/mol. The number of fused-ring (bicyclic) bond motifs is 4. The first-order chi connectivity index (χ1) is 14.7. The summed E-state index contributed by atoms with van der Waals surface area (Å²) in [4.78, 5) is 0. The number of hydrogen-bond acceptors (Lipinski definition) is 5. The molecule has 9 unspecified atom stereocenters. The number of hydrogen-bond donors (Lipinski definition) is 5. The Labute approximate surface area is 193 Å². The van der Waals surface area contributed by atoms with E-state index in [1.54, 1.807) is 20.8 Å². The summed E-state index contributed by atoms with van der Waals surface area (Å²) in [7, 11) is 0. The van der Waals surface area contributed by atoms with Crippen molar-refractivity contribution >= 4 is 0 Å². The van der Waals surface area contributed by atoms with E-state index in [1.165, 1.54) is 11.1 Å². The Morgan fingerprint density at radius 2 is 1.78 bits per heavy atom. The molecule has 0 aromatic heterocycles. The molecular weight excluding hydrogens is 404 g/mol. The highest BCUT2D eigenvalue weighted by atomic mass is 16.3. The Kier molecular flexibility index (Phi) is 6.03. The summed E-state index contributed by atoms with van der Waals surface area (Å²) in [6.45, 7) is 9.80. The largest absolute Gasteiger partial charge is 0.390 e. The van der Waals surface area contributed by atoms with Gasteiger partial charge in [0, 0.05) is 0 Å². The lowest BCUT2D eigenvalue weighted by Crippen LogP contribution is -2.53. The second kappa shape index (κ2) is 7.91. The average Bonchev–Trinajstić information content (AvgIpc) is 3.04. The van der Waals surface area contributed by atoms with Gasteiger partial charge in [-0.3, -0.25) is 0 Å². The van der Waals surface area contributed by atoms with E-state index < -0.39 is 29.5 Å². The fourth-order valence-electron chi connectivity index (χ4n) is 7.91. The molecule has 5 N–H and O–H groups in total. The van der Waals surface area contributed by atoms with Crippen LogP contribution in [0.5, 0.6) is 0 Å². The molecule has 4 aliphatic rings. The molecule has 4 rings (SSSR count). The third kappa shape index (κ3) is 3.82. The van der Waals surface area contributed by atoms with E-state index in [2.05, 4.69) is 26.0 Å². The van der Waals surface area contributed by atoms with Gasteiger partial charge in [-0.15, -0.1) is 0 Å². The van der Waals surface area contributed by atoms with Crippen molar-refractivity contribution < 1.29 is 25.5 Å². The van der Waals surface area contributed by atoms with Crippen LogP contribution >= 0.6 is 0 Å².